The van der Waals surface area contributed by atoms with Crippen molar-refractivity contribution in [3.63, 3.8) is 0 Å². The summed E-state index contributed by atoms with van der Waals surface area (Å²) in [5, 5.41) is 3.33. The van der Waals surface area contributed by atoms with Crippen molar-refractivity contribution in [2.45, 2.75) is 0 Å². The van der Waals surface area contributed by atoms with Gasteiger partial charge in [-0.3, -0.25) is 9.97 Å². The van der Waals surface area contributed by atoms with Crippen LogP contribution in [-0.2, 0) is 0 Å². The van der Waals surface area contributed by atoms with Gasteiger partial charge in [0.15, 0.2) is 0 Å². The standard InChI is InChI=1S/C10H6N2S/c1-2-8-9(12-5-4-11-8)10-7(1)3-6-13-10/h1-6H. The van der Waals surface area contributed by atoms with Crippen LogP contribution in [0.5, 0.6) is 0 Å². The second-order valence-corrected chi connectivity index (χ2v) is 3.74. The molecule has 62 valence electrons. The summed E-state index contributed by atoms with van der Waals surface area (Å²) in [6.07, 6.45) is 3.46. The number of rotatable bonds is 0. The molecule has 2 aromatic heterocycles. The molecular weight excluding hydrogens is 180 g/mol. The maximum absolute atomic E-state index is 4.33. The molecule has 2 heterocycles. The van der Waals surface area contributed by atoms with Crippen LogP contribution in [0.15, 0.2) is 36.0 Å². The fourth-order valence-electron chi connectivity index (χ4n) is 1.46. The molecule has 13 heavy (non-hydrogen) atoms. The van der Waals surface area contributed by atoms with Crippen LogP contribution in [0.4, 0.5) is 0 Å². The molecule has 0 bridgehead atoms. The van der Waals surface area contributed by atoms with E-state index in [1.54, 1.807) is 23.7 Å². The molecule has 0 saturated heterocycles. The topological polar surface area (TPSA) is 25.8 Å². The molecule has 0 fully saturated rings. The van der Waals surface area contributed by atoms with Crippen molar-refractivity contribution in [1.82, 2.24) is 9.97 Å². The number of benzene rings is 1. The van der Waals surface area contributed by atoms with E-state index in [-0.39, 0.29) is 0 Å². The highest BCUT2D eigenvalue weighted by Gasteiger charge is 2.01. The Labute approximate surface area is 78.9 Å². The smallest absolute Gasteiger partial charge is 0.106 e. The predicted octanol–water partition coefficient (Wildman–Crippen LogP) is 2.84. The summed E-state index contributed by atoms with van der Waals surface area (Å²) in [5.74, 6) is 0. The lowest BCUT2D eigenvalue weighted by Crippen LogP contribution is -1.80. The van der Waals surface area contributed by atoms with E-state index in [2.05, 4.69) is 27.5 Å². The lowest BCUT2D eigenvalue weighted by atomic mass is 10.2. The molecule has 0 amide bonds. The Morgan fingerprint density at radius 2 is 1.92 bits per heavy atom. The molecule has 2 nitrogen and oxygen atoms in total. The molecule has 3 rings (SSSR count). The first-order valence-corrected chi connectivity index (χ1v) is 4.90. The van der Waals surface area contributed by atoms with Gasteiger partial charge in [0.05, 0.1) is 10.2 Å². The molecule has 0 atom stereocenters. The minimum absolute atomic E-state index is 0.970. The van der Waals surface area contributed by atoms with Crippen molar-refractivity contribution in [3.8, 4) is 0 Å². The SMILES string of the molecule is c1cnc2c(ccc3ccsc32)n1. The molecule has 3 aromatic rings. The first-order valence-electron chi connectivity index (χ1n) is 4.02. The van der Waals surface area contributed by atoms with E-state index < -0.39 is 0 Å². The van der Waals surface area contributed by atoms with E-state index in [0.717, 1.165) is 11.0 Å². The minimum Gasteiger partial charge on any atom is -0.253 e. The zero-order valence-corrected chi connectivity index (χ0v) is 7.58. The van der Waals surface area contributed by atoms with E-state index >= 15 is 0 Å². The molecule has 0 aliphatic rings. The number of fused-ring (bicyclic) bond motifs is 3. The first-order chi connectivity index (χ1) is 6.45. The summed E-state index contributed by atoms with van der Waals surface area (Å²) < 4.78 is 1.23. The van der Waals surface area contributed by atoms with Gasteiger partial charge in [-0.15, -0.1) is 11.3 Å². The first kappa shape index (κ1) is 6.97. The van der Waals surface area contributed by atoms with E-state index in [1.807, 2.05) is 6.07 Å². The van der Waals surface area contributed by atoms with E-state index in [4.69, 9.17) is 0 Å². The lowest BCUT2D eigenvalue weighted by molar-refractivity contribution is 1.31. The molecule has 0 spiro atoms. The Morgan fingerprint density at radius 3 is 2.92 bits per heavy atom. The molecule has 1 aromatic carbocycles. The van der Waals surface area contributed by atoms with Gasteiger partial charge in [0.2, 0.25) is 0 Å². The third-order valence-electron chi connectivity index (χ3n) is 2.06. The normalized spacial score (nSPS) is 11.1. The van der Waals surface area contributed by atoms with Gasteiger partial charge in [-0.25, -0.2) is 0 Å². The largest absolute Gasteiger partial charge is 0.253 e. The number of hydrogen-bond acceptors (Lipinski definition) is 3. The Balaban J connectivity index is 2.65. The van der Waals surface area contributed by atoms with E-state index in [1.165, 1.54) is 10.1 Å². The quantitative estimate of drug-likeness (QED) is 0.539. The zero-order chi connectivity index (χ0) is 8.67. The molecule has 0 aliphatic carbocycles. The van der Waals surface area contributed by atoms with Gasteiger partial charge < -0.3 is 0 Å². The van der Waals surface area contributed by atoms with Crippen LogP contribution in [0.2, 0.25) is 0 Å². The average Bonchev–Trinajstić information content (AvgIpc) is 2.65. The van der Waals surface area contributed by atoms with Crippen molar-refractivity contribution in [1.29, 1.82) is 0 Å². The number of hydrogen-bond donors (Lipinski definition) is 0. The Kier molecular flexibility index (Phi) is 1.34. The monoisotopic (exact) mass is 186 g/mol. The van der Waals surface area contributed by atoms with Gasteiger partial charge in [0, 0.05) is 12.4 Å². The van der Waals surface area contributed by atoms with Gasteiger partial charge in [-0.2, -0.15) is 0 Å². The Morgan fingerprint density at radius 1 is 1.00 bits per heavy atom. The third kappa shape index (κ3) is 0.939. The van der Waals surface area contributed by atoms with Gasteiger partial charge >= 0.3 is 0 Å². The van der Waals surface area contributed by atoms with Gasteiger partial charge in [0.25, 0.3) is 0 Å². The van der Waals surface area contributed by atoms with Gasteiger partial charge in [0.1, 0.15) is 5.52 Å². The highest BCUT2D eigenvalue weighted by atomic mass is 32.1. The maximum atomic E-state index is 4.33. The fourth-order valence-corrected chi connectivity index (χ4v) is 2.35. The van der Waals surface area contributed by atoms with Crippen LogP contribution in [-0.4, -0.2) is 9.97 Å². The Hall–Kier alpha value is -1.48. The molecule has 0 aliphatic heterocycles. The van der Waals surface area contributed by atoms with E-state index in [9.17, 15) is 0 Å². The second-order valence-electron chi connectivity index (χ2n) is 2.83. The average molecular weight is 186 g/mol. The third-order valence-corrected chi connectivity index (χ3v) is 2.99. The van der Waals surface area contributed by atoms with Crippen molar-refractivity contribution in [2.24, 2.45) is 0 Å². The fraction of sp³-hybridized carbons (Fsp3) is 0. The molecule has 0 N–H and O–H groups in total. The summed E-state index contributed by atoms with van der Waals surface area (Å²) in [6, 6.07) is 6.20. The maximum Gasteiger partial charge on any atom is 0.106 e. The van der Waals surface area contributed by atoms with Crippen molar-refractivity contribution in [2.75, 3.05) is 0 Å². The summed E-state index contributed by atoms with van der Waals surface area (Å²) >= 11 is 1.71. The van der Waals surface area contributed by atoms with E-state index in [0.29, 0.717) is 0 Å². The van der Waals surface area contributed by atoms with Crippen molar-refractivity contribution >= 4 is 32.5 Å². The predicted molar refractivity (Wildman–Crippen MR) is 54.9 cm³/mol. The number of aromatic nitrogens is 2. The summed E-state index contributed by atoms with van der Waals surface area (Å²) in [6.45, 7) is 0. The Bertz CT molecular complexity index is 571. The van der Waals surface area contributed by atoms with Crippen LogP contribution >= 0.6 is 11.3 Å². The number of thiophene rings is 1. The second kappa shape index (κ2) is 2.50. The molecule has 0 radical (unpaired) electrons. The highest BCUT2D eigenvalue weighted by molar-refractivity contribution is 7.18. The summed E-state index contributed by atoms with van der Waals surface area (Å²) in [4.78, 5) is 8.58. The lowest BCUT2D eigenvalue weighted by Gasteiger charge is -1.95. The molecule has 0 unspecified atom stereocenters. The number of nitrogens with zero attached hydrogens (tertiary/aromatic N) is 2. The van der Waals surface area contributed by atoms with Crippen LogP contribution in [0.1, 0.15) is 0 Å². The van der Waals surface area contributed by atoms with Crippen LogP contribution in [0.25, 0.3) is 21.1 Å². The van der Waals surface area contributed by atoms with Gasteiger partial charge in [-0.1, -0.05) is 6.07 Å². The highest BCUT2D eigenvalue weighted by Crippen LogP contribution is 2.26. The zero-order valence-electron chi connectivity index (χ0n) is 6.77. The molecule has 0 saturated carbocycles. The van der Waals surface area contributed by atoms with Crippen molar-refractivity contribution < 1.29 is 0 Å². The van der Waals surface area contributed by atoms with Gasteiger partial charge in [-0.05, 0) is 22.9 Å². The minimum atomic E-state index is 0.970. The van der Waals surface area contributed by atoms with Crippen LogP contribution in [0.3, 0.4) is 0 Å². The molecular formula is C10H6N2S. The van der Waals surface area contributed by atoms with Crippen LogP contribution < -0.4 is 0 Å². The van der Waals surface area contributed by atoms with Crippen LogP contribution in [0, 0.1) is 0 Å². The van der Waals surface area contributed by atoms with Crippen molar-refractivity contribution in [3.05, 3.63) is 36.0 Å². The summed E-state index contributed by atoms with van der Waals surface area (Å²) in [5.41, 5.74) is 1.98. The summed E-state index contributed by atoms with van der Waals surface area (Å²) in [7, 11) is 0. The molecule has 3 heteroatoms.